The van der Waals surface area contributed by atoms with Crippen LogP contribution in [0.1, 0.15) is 0 Å². The number of aromatic nitrogens is 1. The van der Waals surface area contributed by atoms with Crippen LogP contribution in [0.25, 0.3) is 10.9 Å². The van der Waals surface area contributed by atoms with E-state index in [1.54, 1.807) is 12.1 Å². The van der Waals surface area contributed by atoms with Crippen LogP contribution in [-0.2, 0) is 4.79 Å². The molecule has 0 spiro atoms. The number of hydrogen-bond acceptors (Lipinski definition) is 5. The van der Waals surface area contributed by atoms with Crippen molar-refractivity contribution in [3.63, 3.8) is 0 Å². The second-order valence-corrected chi connectivity index (χ2v) is 5.01. The van der Waals surface area contributed by atoms with Gasteiger partial charge in [-0.1, -0.05) is 12.1 Å². The Balaban J connectivity index is 1.70. The number of nitrogens with two attached hydrogens (primary N) is 1. The Bertz CT molecular complexity index is 868. The van der Waals surface area contributed by atoms with Gasteiger partial charge in [0.05, 0.1) is 0 Å². The molecule has 1 heterocycles. The van der Waals surface area contributed by atoms with E-state index in [1.165, 1.54) is 24.3 Å². The van der Waals surface area contributed by atoms with E-state index in [2.05, 4.69) is 15.7 Å². The van der Waals surface area contributed by atoms with Crippen molar-refractivity contribution < 1.29 is 13.9 Å². The van der Waals surface area contributed by atoms with Crippen molar-refractivity contribution >= 4 is 28.3 Å². The van der Waals surface area contributed by atoms with E-state index >= 15 is 0 Å². The molecule has 0 atom stereocenters. The Morgan fingerprint density at radius 1 is 1.12 bits per heavy atom. The van der Waals surface area contributed by atoms with Gasteiger partial charge in [0.1, 0.15) is 22.9 Å². The van der Waals surface area contributed by atoms with Crippen LogP contribution in [0.15, 0.2) is 54.6 Å². The van der Waals surface area contributed by atoms with E-state index in [-0.39, 0.29) is 18.3 Å². The number of carbonyl (C=O) groups is 1. The molecule has 0 aliphatic carbocycles. The van der Waals surface area contributed by atoms with E-state index in [0.29, 0.717) is 22.8 Å². The topological polar surface area (TPSA) is 89.3 Å². The zero-order chi connectivity index (χ0) is 16.9. The number of pyridine rings is 1. The van der Waals surface area contributed by atoms with E-state index in [9.17, 15) is 9.18 Å². The number of ether oxygens (including phenoxy) is 1. The Labute approximate surface area is 137 Å². The van der Waals surface area contributed by atoms with Gasteiger partial charge < -0.3 is 15.5 Å². The van der Waals surface area contributed by atoms with Gasteiger partial charge in [0.2, 0.25) is 0 Å². The van der Waals surface area contributed by atoms with E-state index in [0.717, 1.165) is 5.39 Å². The van der Waals surface area contributed by atoms with Crippen molar-refractivity contribution in [2.45, 2.75) is 0 Å². The molecule has 4 N–H and O–H groups in total. The quantitative estimate of drug-likeness (QED) is 0.495. The molecule has 0 saturated carbocycles. The Morgan fingerprint density at radius 2 is 1.92 bits per heavy atom. The lowest BCUT2D eigenvalue weighted by molar-refractivity contribution is -0.118. The maximum atomic E-state index is 12.8. The van der Waals surface area contributed by atoms with E-state index < -0.39 is 0 Å². The number of fused-ring (bicyclic) bond motifs is 1. The summed E-state index contributed by atoms with van der Waals surface area (Å²) < 4.78 is 18.4. The van der Waals surface area contributed by atoms with Crippen LogP contribution >= 0.6 is 0 Å². The van der Waals surface area contributed by atoms with Gasteiger partial charge in [0.15, 0.2) is 6.61 Å². The summed E-state index contributed by atoms with van der Waals surface area (Å²) in [4.78, 5) is 16.3. The number of carbonyl (C=O) groups excluding carboxylic acids is 1. The Morgan fingerprint density at radius 3 is 2.67 bits per heavy atom. The molecule has 0 aliphatic heterocycles. The summed E-state index contributed by atoms with van der Waals surface area (Å²) in [5.41, 5.74) is 3.57. The van der Waals surface area contributed by atoms with Crippen molar-refractivity contribution in [1.82, 2.24) is 4.98 Å². The maximum Gasteiger partial charge on any atom is 0.262 e. The molecule has 0 fully saturated rings. The Hall–Kier alpha value is -3.19. The molecule has 2 aromatic carbocycles. The first-order valence-corrected chi connectivity index (χ1v) is 7.20. The number of rotatable bonds is 5. The predicted octanol–water partition coefficient (Wildman–Crippen LogP) is 2.68. The molecule has 0 bridgehead atoms. The molecule has 24 heavy (non-hydrogen) atoms. The Kier molecular flexibility index (Phi) is 4.53. The molecule has 0 unspecified atom stereocenters. The fourth-order valence-corrected chi connectivity index (χ4v) is 2.19. The first-order valence-electron chi connectivity index (χ1n) is 7.20. The van der Waals surface area contributed by atoms with Crippen LogP contribution in [0.5, 0.6) is 5.75 Å². The van der Waals surface area contributed by atoms with Crippen molar-refractivity contribution in [3.05, 3.63) is 60.4 Å². The first-order chi connectivity index (χ1) is 11.7. The lowest BCUT2D eigenvalue weighted by Crippen LogP contribution is -2.20. The predicted molar refractivity (Wildman–Crippen MR) is 90.1 cm³/mol. The van der Waals surface area contributed by atoms with Crippen LogP contribution in [0.4, 0.5) is 15.9 Å². The zero-order valence-electron chi connectivity index (χ0n) is 12.6. The second-order valence-electron chi connectivity index (χ2n) is 5.01. The number of hydrogen-bond donors (Lipinski definition) is 3. The number of hydrazine groups is 1. The number of para-hydroxylation sites is 1. The number of benzene rings is 2. The van der Waals surface area contributed by atoms with Gasteiger partial charge in [-0.05, 0) is 42.5 Å². The largest absolute Gasteiger partial charge is 0.481 e. The molecular weight excluding hydrogens is 311 g/mol. The molecular formula is C17H15FN4O2. The van der Waals surface area contributed by atoms with Crippen LogP contribution in [0.3, 0.4) is 0 Å². The lowest BCUT2D eigenvalue weighted by Gasteiger charge is -2.10. The van der Waals surface area contributed by atoms with Crippen molar-refractivity contribution in [1.29, 1.82) is 0 Å². The first kappa shape index (κ1) is 15.7. The average molecular weight is 326 g/mol. The van der Waals surface area contributed by atoms with Gasteiger partial charge >= 0.3 is 0 Å². The molecule has 1 aromatic heterocycles. The summed E-state index contributed by atoms with van der Waals surface area (Å²) in [7, 11) is 0. The van der Waals surface area contributed by atoms with Crippen LogP contribution < -0.4 is 21.3 Å². The lowest BCUT2D eigenvalue weighted by atomic mass is 10.2. The zero-order valence-corrected chi connectivity index (χ0v) is 12.6. The number of nitrogens with zero attached hydrogens (tertiary/aromatic N) is 1. The minimum absolute atomic E-state index is 0.196. The maximum absolute atomic E-state index is 12.8. The number of nitrogens with one attached hydrogen (secondary N) is 2. The van der Waals surface area contributed by atoms with Gasteiger partial charge in [-0.25, -0.2) is 15.2 Å². The highest BCUT2D eigenvalue weighted by atomic mass is 19.1. The smallest absolute Gasteiger partial charge is 0.262 e. The van der Waals surface area contributed by atoms with Crippen molar-refractivity contribution in [2.24, 2.45) is 5.84 Å². The monoisotopic (exact) mass is 326 g/mol. The second kappa shape index (κ2) is 6.93. The minimum Gasteiger partial charge on any atom is -0.481 e. The SMILES string of the molecule is NNc1ccc2cccc(OCC(=O)Nc3ccc(F)cc3)c2n1. The summed E-state index contributed by atoms with van der Waals surface area (Å²) in [6.45, 7) is -0.196. The molecule has 3 aromatic rings. The van der Waals surface area contributed by atoms with Crippen LogP contribution in [0.2, 0.25) is 0 Å². The molecule has 6 nitrogen and oxygen atoms in total. The summed E-state index contributed by atoms with van der Waals surface area (Å²) in [5, 5.41) is 3.49. The molecule has 7 heteroatoms. The normalized spacial score (nSPS) is 10.4. The fourth-order valence-electron chi connectivity index (χ4n) is 2.19. The highest BCUT2D eigenvalue weighted by molar-refractivity contribution is 5.92. The van der Waals surface area contributed by atoms with Gasteiger partial charge in [-0.15, -0.1) is 0 Å². The van der Waals surface area contributed by atoms with Crippen molar-refractivity contribution in [2.75, 3.05) is 17.3 Å². The molecule has 0 saturated heterocycles. The standard InChI is InChI=1S/C17H15FN4O2/c18-12-5-7-13(8-6-12)20-16(23)10-24-14-3-1-2-11-4-9-15(22-19)21-17(11)14/h1-9H,10,19H2,(H,20,23)(H,21,22). The van der Waals surface area contributed by atoms with Crippen LogP contribution in [-0.4, -0.2) is 17.5 Å². The highest BCUT2D eigenvalue weighted by Gasteiger charge is 2.08. The number of halogens is 1. The molecule has 1 amide bonds. The minimum atomic E-state index is -0.365. The van der Waals surface area contributed by atoms with Crippen LogP contribution in [0, 0.1) is 5.82 Å². The third kappa shape index (κ3) is 3.58. The molecule has 3 rings (SSSR count). The average Bonchev–Trinajstić information content (AvgIpc) is 2.61. The molecule has 122 valence electrons. The van der Waals surface area contributed by atoms with Crippen molar-refractivity contribution in [3.8, 4) is 5.75 Å². The number of amides is 1. The molecule has 0 aliphatic rings. The summed E-state index contributed by atoms with van der Waals surface area (Å²) in [6.07, 6.45) is 0. The summed E-state index contributed by atoms with van der Waals surface area (Å²) in [6, 6.07) is 14.5. The van der Waals surface area contributed by atoms with Gasteiger partial charge in [-0.2, -0.15) is 0 Å². The van der Waals surface area contributed by atoms with E-state index in [4.69, 9.17) is 10.6 Å². The van der Waals surface area contributed by atoms with Gasteiger partial charge in [-0.3, -0.25) is 4.79 Å². The van der Waals surface area contributed by atoms with Gasteiger partial charge in [0.25, 0.3) is 5.91 Å². The van der Waals surface area contributed by atoms with E-state index in [1.807, 2.05) is 18.2 Å². The third-order valence-electron chi connectivity index (χ3n) is 3.32. The summed E-state index contributed by atoms with van der Waals surface area (Å²) in [5.74, 6) is 5.61. The summed E-state index contributed by atoms with van der Waals surface area (Å²) >= 11 is 0. The highest BCUT2D eigenvalue weighted by Crippen LogP contribution is 2.25. The molecule has 0 radical (unpaired) electrons. The van der Waals surface area contributed by atoms with Gasteiger partial charge in [0, 0.05) is 11.1 Å². The number of nitrogen functional groups attached to an aromatic ring is 1. The fraction of sp³-hybridized carbons (Fsp3) is 0.0588. The number of anilines is 2. The third-order valence-corrected chi connectivity index (χ3v) is 3.32.